The summed E-state index contributed by atoms with van der Waals surface area (Å²) >= 11 is 7.52. The van der Waals surface area contributed by atoms with Crippen molar-refractivity contribution >= 4 is 29.3 Å². The molecule has 0 unspecified atom stereocenters. The molecule has 5 nitrogen and oxygen atoms in total. The fraction of sp³-hybridized carbons (Fsp3) is 0.214. The van der Waals surface area contributed by atoms with Crippen LogP contribution in [0.4, 0.5) is 0 Å². The van der Waals surface area contributed by atoms with Gasteiger partial charge in [0, 0.05) is 34.5 Å². The Morgan fingerprint density at radius 1 is 0.971 bits per heavy atom. The van der Waals surface area contributed by atoms with E-state index in [9.17, 15) is 4.79 Å². The Bertz CT molecular complexity index is 1240. The first kappa shape index (κ1) is 24.9. The van der Waals surface area contributed by atoms with Gasteiger partial charge in [-0.15, -0.1) is 0 Å². The number of carbonyl (C=O) groups is 1. The molecule has 0 radical (unpaired) electrons. The lowest BCUT2D eigenvalue weighted by molar-refractivity contribution is -0.122. The molecule has 4 aromatic rings. The first-order chi connectivity index (χ1) is 17.0. The number of nitrogens with zero attached hydrogens (tertiary/aromatic N) is 2. The van der Waals surface area contributed by atoms with Crippen LogP contribution in [0.25, 0.3) is 22.5 Å². The average molecular weight is 506 g/mol. The number of aromatic nitrogens is 2. The number of ether oxygens (including phenoxy) is 1. The van der Waals surface area contributed by atoms with E-state index in [1.54, 1.807) is 36.0 Å². The Kier molecular flexibility index (Phi) is 8.50. The van der Waals surface area contributed by atoms with Crippen LogP contribution in [0.1, 0.15) is 19.9 Å². The van der Waals surface area contributed by atoms with E-state index in [4.69, 9.17) is 21.3 Å². The lowest BCUT2D eigenvalue weighted by Gasteiger charge is -2.16. The van der Waals surface area contributed by atoms with E-state index in [1.807, 2.05) is 24.3 Å². The van der Waals surface area contributed by atoms with Crippen molar-refractivity contribution in [3.05, 3.63) is 90.0 Å². The summed E-state index contributed by atoms with van der Waals surface area (Å²) in [5.41, 5.74) is 4.29. The molecule has 35 heavy (non-hydrogen) atoms. The summed E-state index contributed by atoms with van der Waals surface area (Å²) in [7, 11) is 0. The molecule has 1 aromatic heterocycles. The summed E-state index contributed by atoms with van der Waals surface area (Å²) in [6, 6.07) is 27.8. The predicted octanol–water partition coefficient (Wildman–Crippen LogP) is 6.74. The van der Waals surface area contributed by atoms with Crippen molar-refractivity contribution in [2.24, 2.45) is 0 Å². The van der Waals surface area contributed by atoms with Crippen LogP contribution in [0.3, 0.4) is 0 Å². The lowest BCUT2D eigenvalue weighted by atomic mass is 10.0. The summed E-state index contributed by atoms with van der Waals surface area (Å²) in [5.74, 6) is 1.14. The zero-order valence-electron chi connectivity index (χ0n) is 19.8. The maximum atomic E-state index is 12.2. The quantitative estimate of drug-likeness (QED) is 0.191. The highest BCUT2D eigenvalue weighted by molar-refractivity contribution is 7.99. The number of carbonyl (C=O) groups excluding carboxylic acids is 1. The SMILES string of the molecule is CC(C)n1c(SCCNC(=O)COc2ccc(Cl)cc2)nc(-c2ccccc2)c1-c1ccccc1. The van der Waals surface area contributed by atoms with Crippen molar-refractivity contribution < 1.29 is 9.53 Å². The number of hydrogen-bond acceptors (Lipinski definition) is 4. The highest BCUT2D eigenvalue weighted by atomic mass is 35.5. The van der Waals surface area contributed by atoms with Crippen LogP contribution >= 0.6 is 23.4 Å². The molecular formula is C28H28ClN3O2S. The molecule has 0 bridgehead atoms. The lowest BCUT2D eigenvalue weighted by Crippen LogP contribution is -2.30. The molecule has 7 heteroatoms. The molecule has 1 N–H and O–H groups in total. The summed E-state index contributed by atoms with van der Waals surface area (Å²) in [4.78, 5) is 17.3. The van der Waals surface area contributed by atoms with Gasteiger partial charge in [0.1, 0.15) is 5.75 Å². The second-order valence-electron chi connectivity index (χ2n) is 8.23. The molecule has 1 heterocycles. The second-order valence-corrected chi connectivity index (χ2v) is 9.73. The number of rotatable bonds is 10. The largest absolute Gasteiger partial charge is 0.484 e. The van der Waals surface area contributed by atoms with Gasteiger partial charge in [-0.05, 0) is 38.1 Å². The van der Waals surface area contributed by atoms with Gasteiger partial charge in [-0.3, -0.25) is 4.79 Å². The molecule has 0 aliphatic heterocycles. The third-order valence-corrected chi connectivity index (χ3v) is 6.53. The molecule has 180 valence electrons. The Morgan fingerprint density at radius 2 is 1.60 bits per heavy atom. The van der Waals surface area contributed by atoms with E-state index in [0.29, 0.717) is 23.1 Å². The van der Waals surface area contributed by atoms with Gasteiger partial charge in [0.15, 0.2) is 11.8 Å². The van der Waals surface area contributed by atoms with Crippen molar-refractivity contribution in [1.82, 2.24) is 14.9 Å². The zero-order chi connectivity index (χ0) is 24.6. The average Bonchev–Trinajstić information content (AvgIpc) is 3.27. The van der Waals surface area contributed by atoms with Crippen LogP contribution in [-0.4, -0.2) is 34.4 Å². The topological polar surface area (TPSA) is 56.2 Å². The van der Waals surface area contributed by atoms with Crippen molar-refractivity contribution in [2.45, 2.75) is 25.0 Å². The third-order valence-electron chi connectivity index (χ3n) is 5.33. The molecular weight excluding hydrogens is 478 g/mol. The maximum Gasteiger partial charge on any atom is 0.257 e. The van der Waals surface area contributed by atoms with Gasteiger partial charge in [-0.25, -0.2) is 4.98 Å². The van der Waals surface area contributed by atoms with E-state index in [0.717, 1.165) is 27.7 Å². The van der Waals surface area contributed by atoms with E-state index in [-0.39, 0.29) is 18.6 Å². The van der Waals surface area contributed by atoms with Gasteiger partial charge in [-0.1, -0.05) is 84.0 Å². The highest BCUT2D eigenvalue weighted by Crippen LogP contribution is 2.37. The second kappa shape index (κ2) is 12.0. The number of thioether (sulfide) groups is 1. The molecule has 0 saturated heterocycles. The molecule has 0 aliphatic carbocycles. The first-order valence-electron chi connectivity index (χ1n) is 11.5. The summed E-state index contributed by atoms with van der Waals surface area (Å²) < 4.78 is 7.80. The fourth-order valence-corrected chi connectivity index (χ4v) is 4.84. The normalized spacial score (nSPS) is 11.0. The minimum Gasteiger partial charge on any atom is -0.484 e. The zero-order valence-corrected chi connectivity index (χ0v) is 21.4. The van der Waals surface area contributed by atoms with Gasteiger partial charge in [0.25, 0.3) is 5.91 Å². The molecule has 0 fully saturated rings. The Morgan fingerprint density at radius 3 is 2.23 bits per heavy atom. The number of benzene rings is 3. The van der Waals surface area contributed by atoms with Crippen LogP contribution < -0.4 is 10.1 Å². The molecule has 0 saturated carbocycles. The smallest absolute Gasteiger partial charge is 0.257 e. The van der Waals surface area contributed by atoms with Crippen LogP contribution in [0.15, 0.2) is 90.1 Å². The molecule has 1 amide bonds. The van der Waals surface area contributed by atoms with Crippen LogP contribution in [0, 0.1) is 0 Å². The van der Waals surface area contributed by atoms with E-state index in [2.05, 4.69) is 60.1 Å². The summed E-state index contributed by atoms with van der Waals surface area (Å²) in [6.07, 6.45) is 0. The molecule has 3 aromatic carbocycles. The number of hydrogen-bond donors (Lipinski definition) is 1. The minimum atomic E-state index is -0.164. The molecule has 4 rings (SSSR count). The van der Waals surface area contributed by atoms with Crippen LogP contribution in [0.2, 0.25) is 5.02 Å². The van der Waals surface area contributed by atoms with E-state index in [1.165, 1.54) is 0 Å². The van der Waals surface area contributed by atoms with Gasteiger partial charge in [-0.2, -0.15) is 0 Å². The van der Waals surface area contributed by atoms with Gasteiger partial charge < -0.3 is 14.6 Å². The van der Waals surface area contributed by atoms with Gasteiger partial charge in [0.2, 0.25) is 0 Å². The fourth-order valence-electron chi connectivity index (χ4n) is 3.73. The van der Waals surface area contributed by atoms with E-state index >= 15 is 0 Å². The Balaban J connectivity index is 1.45. The third kappa shape index (κ3) is 6.47. The monoisotopic (exact) mass is 505 g/mol. The maximum absolute atomic E-state index is 12.2. The summed E-state index contributed by atoms with van der Waals surface area (Å²) in [5, 5.41) is 4.48. The minimum absolute atomic E-state index is 0.0385. The van der Waals surface area contributed by atoms with Crippen molar-refractivity contribution in [2.75, 3.05) is 18.9 Å². The summed E-state index contributed by atoms with van der Waals surface area (Å²) in [6.45, 7) is 4.81. The predicted molar refractivity (Wildman–Crippen MR) is 144 cm³/mol. The number of imidazole rings is 1. The van der Waals surface area contributed by atoms with Crippen molar-refractivity contribution in [3.63, 3.8) is 0 Å². The molecule has 0 spiro atoms. The van der Waals surface area contributed by atoms with Crippen LogP contribution in [-0.2, 0) is 4.79 Å². The van der Waals surface area contributed by atoms with Crippen LogP contribution in [0.5, 0.6) is 5.75 Å². The van der Waals surface area contributed by atoms with Gasteiger partial charge >= 0.3 is 0 Å². The standard InChI is InChI=1S/C28H28ClN3O2S/c1-20(2)32-27(22-11-7-4-8-12-22)26(21-9-5-3-6-10-21)31-28(32)35-18-17-30-25(33)19-34-24-15-13-23(29)14-16-24/h3-16,20H,17-19H2,1-2H3,(H,30,33). The Labute approximate surface area is 215 Å². The molecule has 0 aliphatic rings. The Hall–Kier alpha value is -3.22. The number of halogens is 1. The van der Waals surface area contributed by atoms with Crippen molar-refractivity contribution in [1.29, 1.82) is 0 Å². The van der Waals surface area contributed by atoms with Crippen molar-refractivity contribution in [3.8, 4) is 28.3 Å². The number of nitrogens with one attached hydrogen (secondary N) is 1. The molecule has 0 atom stereocenters. The first-order valence-corrected chi connectivity index (χ1v) is 12.9. The van der Waals surface area contributed by atoms with Gasteiger partial charge in [0.05, 0.1) is 11.4 Å². The van der Waals surface area contributed by atoms with E-state index < -0.39 is 0 Å². The number of amides is 1. The highest BCUT2D eigenvalue weighted by Gasteiger charge is 2.21.